The summed E-state index contributed by atoms with van der Waals surface area (Å²) in [4.78, 5) is 13.3. The number of hydrogen-bond acceptors (Lipinski definition) is 4. The van der Waals surface area contributed by atoms with E-state index in [0.717, 1.165) is 39.0 Å². The molecule has 36 heavy (non-hydrogen) atoms. The van der Waals surface area contributed by atoms with Gasteiger partial charge in [0.15, 0.2) is 0 Å². The van der Waals surface area contributed by atoms with E-state index in [-0.39, 0.29) is 0 Å². The number of ether oxygens (including phenoxy) is 2. The molecule has 0 unspecified atom stereocenters. The lowest BCUT2D eigenvalue weighted by Gasteiger charge is -2.14. The molecule has 0 spiro atoms. The van der Waals surface area contributed by atoms with Crippen molar-refractivity contribution in [2.24, 2.45) is 0 Å². The number of fused-ring (bicyclic) bond motifs is 1. The summed E-state index contributed by atoms with van der Waals surface area (Å²) in [5, 5.41) is 0.810. The van der Waals surface area contributed by atoms with E-state index in [0.29, 0.717) is 23.5 Å². The van der Waals surface area contributed by atoms with Crippen molar-refractivity contribution in [1.29, 1.82) is 0 Å². The normalized spacial score (nSPS) is 10.5. The van der Waals surface area contributed by atoms with Gasteiger partial charge >= 0.3 is 5.63 Å². The molecule has 0 aliphatic rings. The van der Waals surface area contributed by atoms with Gasteiger partial charge in [-0.2, -0.15) is 0 Å². The van der Waals surface area contributed by atoms with Crippen LogP contribution in [0, 0.1) is 18.8 Å². The van der Waals surface area contributed by atoms with E-state index < -0.39 is 5.63 Å². The van der Waals surface area contributed by atoms with Crippen LogP contribution in [0.1, 0.15) is 22.3 Å². The standard InChI is InChI=1S/C32H24O4/c1-22-29(35-21-24-9-5-3-6-10-24)20-19-27-30(25-11-7-4-8-12-25)28(32(33)36-31(22)27)18-15-23-13-16-26(34-2)17-14-23/h3-14,16-17,19-20H,21H2,1-2H3. The number of aryl methyl sites for hydroxylation is 1. The molecule has 0 aliphatic heterocycles. The molecule has 0 fully saturated rings. The Balaban J connectivity index is 1.63. The topological polar surface area (TPSA) is 48.7 Å². The van der Waals surface area contributed by atoms with E-state index in [1.807, 2.05) is 104 Å². The summed E-state index contributed by atoms with van der Waals surface area (Å²) in [6.07, 6.45) is 0. The maximum atomic E-state index is 13.3. The minimum absolute atomic E-state index is 0.321. The summed E-state index contributed by atoms with van der Waals surface area (Å²) in [5.74, 6) is 7.60. The Morgan fingerprint density at radius 2 is 1.50 bits per heavy atom. The SMILES string of the molecule is COc1ccc(C#Cc2c(-c3ccccc3)c3ccc(OCc4ccccc4)c(C)c3oc2=O)cc1. The zero-order valence-corrected chi connectivity index (χ0v) is 20.1. The summed E-state index contributed by atoms with van der Waals surface area (Å²) < 4.78 is 17.1. The smallest absolute Gasteiger partial charge is 0.352 e. The Morgan fingerprint density at radius 1 is 0.806 bits per heavy atom. The maximum absolute atomic E-state index is 13.3. The molecule has 0 bridgehead atoms. The minimum atomic E-state index is -0.481. The van der Waals surface area contributed by atoms with Crippen LogP contribution in [0.3, 0.4) is 0 Å². The third kappa shape index (κ3) is 4.73. The van der Waals surface area contributed by atoms with Crippen molar-refractivity contribution in [3.8, 4) is 34.5 Å². The fourth-order valence-electron chi connectivity index (χ4n) is 4.10. The van der Waals surface area contributed by atoms with Gasteiger partial charge < -0.3 is 13.9 Å². The first kappa shape index (κ1) is 23.0. The molecule has 4 nitrogen and oxygen atoms in total. The van der Waals surface area contributed by atoms with Crippen LogP contribution in [-0.4, -0.2) is 7.11 Å². The Bertz CT molecular complexity index is 1620. The van der Waals surface area contributed by atoms with E-state index in [9.17, 15) is 4.79 Å². The first-order valence-electron chi connectivity index (χ1n) is 11.6. The quantitative estimate of drug-likeness (QED) is 0.210. The molecule has 0 radical (unpaired) electrons. The Morgan fingerprint density at radius 3 is 2.19 bits per heavy atom. The van der Waals surface area contributed by atoms with Crippen molar-refractivity contribution in [3.63, 3.8) is 0 Å². The molecule has 4 heteroatoms. The second-order valence-corrected chi connectivity index (χ2v) is 8.32. The molecular weight excluding hydrogens is 448 g/mol. The van der Waals surface area contributed by atoms with E-state index in [1.54, 1.807) is 7.11 Å². The molecular formula is C32H24O4. The van der Waals surface area contributed by atoms with Gasteiger partial charge in [0, 0.05) is 22.1 Å². The predicted octanol–water partition coefficient (Wildman–Crippen LogP) is 6.76. The van der Waals surface area contributed by atoms with Crippen molar-refractivity contribution < 1.29 is 13.9 Å². The number of methoxy groups -OCH3 is 1. The monoisotopic (exact) mass is 472 g/mol. The van der Waals surface area contributed by atoms with Gasteiger partial charge in [0.2, 0.25) is 0 Å². The van der Waals surface area contributed by atoms with Crippen LogP contribution in [0.5, 0.6) is 11.5 Å². The van der Waals surface area contributed by atoms with Crippen LogP contribution in [-0.2, 0) is 6.61 Å². The molecule has 5 rings (SSSR count). The van der Waals surface area contributed by atoms with Gasteiger partial charge in [-0.3, -0.25) is 0 Å². The zero-order valence-electron chi connectivity index (χ0n) is 20.1. The molecule has 0 atom stereocenters. The third-order valence-corrected chi connectivity index (χ3v) is 6.00. The average molecular weight is 473 g/mol. The first-order chi connectivity index (χ1) is 17.6. The number of rotatable bonds is 5. The summed E-state index contributed by atoms with van der Waals surface area (Å²) in [7, 11) is 1.62. The van der Waals surface area contributed by atoms with Gasteiger partial charge in [0.25, 0.3) is 0 Å². The second kappa shape index (κ2) is 10.2. The van der Waals surface area contributed by atoms with Crippen molar-refractivity contribution in [3.05, 3.63) is 130 Å². The zero-order chi connectivity index (χ0) is 24.9. The predicted molar refractivity (Wildman–Crippen MR) is 142 cm³/mol. The Kier molecular flexibility index (Phi) is 6.55. The molecule has 1 heterocycles. The van der Waals surface area contributed by atoms with Crippen molar-refractivity contribution in [2.75, 3.05) is 7.11 Å². The lowest BCUT2D eigenvalue weighted by molar-refractivity contribution is 0.304. The molecule has 0 amide bonds. The number of benzene rings is 4. The Labute approximate surface area is 209 Å². The van der Waals surface area contributed by atoms with Crippen LogP contribution in [0.4, 0.5) is 0 Å². The van der Waals surface area contributed by atoms with Crippen LogP contribution in [0.25, 0.3) is 22.1 Å². The van der Waals surface area contributed by atoms with Gasteiger partial charge in [-0.25, -0.2) is 4.79 Å². The maximum Gasteiger partial charge on any atom is 0.352 e. The highest BCUT2D eigenvalue weighted by atomic mass is 16.5. The first-order valence-corrected chi connectivity index (χ1v) is 11.6. The van der Waals surface area contributed by atoms with Crippen molar-refractivity contribution in [1.82, 2.24) is 0 Å². The van der Waals surface area contributed by atoms with Gasteiger partial charge in [0.05, 0.1) is 7.11 Å². The highest BCUT2D eigenvalue weighted by molar-refractivity contribution is 5.98. The van der Waals surface area contributed by atoms with Gasteiger partial charge in [0.1, 0.15) is 29.3 Å². The second-order valence-electron chi connectivity index (χ2n) is 8.32. The molecule has 0 N–H and O–H groups in total. The summed E-state index contributed by atoms with van der Waals surface area (Å²) in [6, 6.07) is 31.0. The molecule has 4 aromatic carbocycles. The van der Waals surface area contributed by atoms with Crippen molar-refractivity contribution >= 4 is 11.0 Å². The fourth-order valence-corrected chi connectivity index (χ4v) is 4.10. The summed E-state index contributed by atoms with van der Waals surface area (Å²) in [5.41, 5.74) is 4.59. The van der Waals surface area contributed by atoms with E-state index >= 15 is 0 Å². The summed E-state index contributed by atoms with van der Waals surface area (Å²) >= 11 is 0. The fraction of sp³-hybridized carbons (Fsp3) is 0.0938. The average Bonchev–Trinajstić information content (AvgIpc) is 2.93. The molecule has 176 valence electrons. The molecule has 5 aromatic rings. The molecule has 0 saturated heterocycles. The van der Waals surface area contributed by atoms with Gasteiger partial charge in [-0.05, 0) is 54.4 Å². The van der Waals surface area contributed by atoms with Gasteiger partial charge in [-0.1, -0.05) is 72.5 Å². The molecule has 1 aromatic heterocycles. The third-order valence-electron chi connectivity index (χ3n) is 6.00. The lowest BCUT2D eigenvalue weighted by atomic mass is 9.95. The van der Waals surface area contributed by atoms with Crippen LogP contribution in [0.15, 0.2) is 106 Å². The largest absolute Gasteiger partial charge is 0.497 e. The Hall–Kier alpha value is -4.75. The van der Waals surface area contributed by atoms with Crippen LogP contribution in [0.2, 0.25) is 0 Å². The van der Waals surface area contributed by atoms with E-state index in [4.69, 9.17) is 13.9 Å². The van der Waals surface area contributed by atoms with Crippen LogP contribution < -0.4 is 15.1 Å². The van der Waals surface area contributed by atoms with Gasteiger partial charge in [-0.15, -0.1) is 0 Å². The van der Waals surface area contributed by atoms with Crippen molar-refractivity contribution in [2.45, 2.75) is 13.5 Å². The number of hydrogen-bond donors (Lipinski definition) is 0. The van der Waals surface area contributed by atoms with E-state index in [2.05, 4.69) is 11.8 Å². The molecule has 0 aliphatic carbocycles. The highest BCUT2D eigenvalue weighted by Gasteiger charge is 2.18. The minimum Gasteiger partial charge on any atom is -0.497 e. The van der Waals surface area contributed by atoms with Crippen LogP contribution >= 0.6 is 0 Å². The highest BCUT2D eigenvalue weighted by Crippen LogP contribution is 2.35. The van der Waals surface area contributed by atoms with E-state index in [1.165, 1.54) is 0 Å². The lowest BCUT2D eigenvalue weighted by Crippen LogP contribution is -2.08. The summed E-state index contributed by atoms with van der Waals surface area (Å²) in [6.45, 7) is 2.33. The molecule has 0 saturated carbocycles.